The molecular formula is C12H19N7OS. The van der Waals surface area contributed by atoms with E-state index in [0.717, 1.165) is 0 Å². The van der Waals surface area contributed by atoms with Crippen LogP contribution in [0.25, 0.3) is 0 Å². The highest BCUT2D eigenvalue weighted by Gasteiger charge is 2.26. The van der Waals surface area contributed by atoms with Crippen LogP contribution in [-0.4, -0.2) is 66.2 Å². The van der Waals surface area contributed by atoms with Crippen molar-refractivity contribution in [2.75, 3.05) is 44.2 Å². The largest absolute Gasteiger partial charge is 0.347 e. The second-order valence-corrected chi connectivity index (χ2v) is 5.47. The molecule has 1 amide bonds. The molecule has 1 rings (SSSR count). The molecule has 0 aliphatic carbocycles. The molecule has 0 saturated heterocycles. The molecule has 1 aromatic rings. The molecule has 0 aliphatic heterocycles. The van der Waals surface area contributed by atoms with E-state index in [1.807, 2.05) is 12.4 Å². The van der Waals surface area contributed by atoms with Crippen LogP contribution in [0, 0.1) is 11.5 Å². The van der Waals surface area contributed by atoms with Crippen molar-refractivity contribution in [1.82, 2.24) is 19.9 Å². The first-order chi connectivity index (χ1) is 9.81. The van der Waals surface area contributed by atoms with E-state index in [0.29, 0.717) is 11.1 Å². The Kier molecular flexibility index (Phi) is 5.72. The van der Waals surface area contributed by atoms with Crippen LogP contribution in [-0.2, 0) is 4.79 Å². The quantitative estimate of drug-likeness (QED) is 0.439. The smallest absolute Gasteiger partial charge is 0.245 e. The van der Waals surface area contributed by atoms with Crippen LogP contribution in [0.2, 0.25) is 0 Å². The van der Waals surface area contributed by atoms with E-state index >= 15 is 0 Å². The van der Waals surface area contributed by atoms with Gasteiger partial charge in [-0.15, -0.1) is 0 Å². The molecule has 1 unspecified atom stereocenters. The van der Waals surface area contributed by atoms with Crippen LogP contribution in [0.3, 0.4) is 0 Å². The summed E-state index contributed by atoms with van der Waals surface area (Å²) >= 11 is 1.35. The molecule has 0 bridgehead atoms. The fourth-order valence-electron chi connectivity index (χ4n) is 1.52. The number of carbonyl (C=O) groups excluding carboxylic acids is 1. The Balaban J connectivity index is 3.25. The number of nitriles is 1. The van der Waals surface area contributed by atoms with Crippen molar-refractivity contribution in [2.24, 2.45) is 0 Å². The molecule has 1 aromatic heterocycles. The van der Waals surface area contributed by atoms with Gasteiger partial charge in [-0.3, -0.25) is 4.79 Å². The molecule has 0 radical (unpaired) electrons. The van der Waals surface area contributed by atoms with Crippen LogP contribution in [0.5, 0.6) is 0 Å². The maximum atomic E-state index is 12.0. The van der Waals surface area contributed by atoms with Gasteiger partial charge < -0.3 is 9.80 Å². The first-order valence-corrected chi connectivity index (χ1v) is 7.41. The molecule has 1 atom stereocenters. The molecule has 8 nitrogen and oxygen atoms in total. The van der Waals surface area contributed by atoms with Gasteiger partial charge in [0.25, 0.3) is 0 Å². The van der Waals surface area contributed by atoms with E-state index in [4.69, 9.17) is 0 Å². The molecule has 21 heavy (non-hydrogen) atoms. The van der Waals surface area contributed by atoms with Crippen molar-refractivity contribution in [3.63, 3.8) is 0 Å². The molecule has 0 spiro atoms. The first-order valence-electron chi connectivity index (χ1n) is 6.19. The summed E-state index contributed by atoms with van der Waals surface area (Å²) < 4.78 is 0. The van der Waals surface area contributed by atoms with Crippen molar-refractivity contribution >= 4 is 29.6 Å². The topological polar surface area (TPSA) is 89.2 Å². The van der Waals surface area contributed by atoms with Gasteiger partial charge >= 0.3 is 0 Å². The van der Waals surface area contributed by atoms with E-state index in [9.17, 15) is 10.1 Å². The average Bonchev–Trinajstić information content (AvgIpc) is 2.46. The maximum Gasteiger partial charge on any atom is 0.245 e. The van der Waals surface area contributed by atoms with Gasteiger partial charge in [0.1, 0.15) is 6.04 Å². The van der Waals surface area contributed by atoms with Crippen molar-refractivity contribution < 1.29 is 4.79 Å². The third kappa shape index (κ3) is 3.95. The molecule has 0 fully saturated rings. The van der Waals surface area contributed by atoms with Crippen molar-refractivity contribution in [3.8, 4) is 6.19 Å². The Bertz CT molecular complexity index is 555. The SMILES string of the molecule is CSc1nc(N(C)C)nc(N(C#N)C(C)C(=O)N(C)C)n1. The van der Waals surface area contributed by atoms with E-state index in [2.05, 4.69) is 15.0 Å². The number of likely N-dealkylation sites (N-methyl/N-ethyl adjacent to an activating group) is 1. The number of hydrogen-bond donors (Lipinski definition) is 0. The summed E-state index contributed by atoms with van der Waals surface area (Å²) in [6.45, 7) is 1.64. The fourth-order valence-corrected chi connectivity index (χ4v) is 1.87. The number of rotatable bonds is 5. The summed E-state index contributed by atoms with van der Waals surface area (Å²) in [5, 5.41) is 9.85. The minimum absolute atomic E-state index is 0.170. The van der Waals surface area contributed by atoms with Crippen LogP contribution < -0.4 is 9.80 Å². The zero-order valence-electron chi connectivity index (χ0n) is 13.0. The number of hydrogen-bond acceptors (Lipinski definition) is 8. The molecular weight excluding hydrogens is 290 g/mol. The number of anilines is 2. The predicted octanol–water partition coefficient (Wildman–Crippen LogP) is 0.424. The number of aromatic nitrogens is 3. The summed E-state index contributed by atoms with van der Waals surface area (Å²) in [5.41, 5.74) is 0. The molecule has 114 valence electrons. The molecule has 9 heteroatoms. The van der Waals surface area contributed by atoms with Crippen molar-refractivity contribution in [1.29, 1.82) is 5.26 Å². The van der Waals surface area contributed by atoms with Crippen LogP contribution >= 0.6 is 11.8 Å². The summed E-state index contributed by atoms with van der Waals surface area (Å²) in [7, 11) is 6.88. The van der Waals surface area contributed by atoms with E-state index in [1.165, 1.54) is 21.6 Å². The Morgan fingerprint density at radius 1 is 1.19 bits per heavy atom. The highest BCUT2D eigenvalue weighted by atomic mass is 32.2. The summed E-state index contributed by atoms with van der Waals surface area (Å²) in [6.07, 6.45) is 3.81. The van der Waals surface area contributed by atoms with Crippen LogP contribution in [0.15, 0.2) is 5.16 Å². The van der Waals surface area contributed by atoms with Crippen molar-refractivity contribution in [2.45, 2.75) is 18.1 Å². The zero-order valence-corrected chi connectivity index (χ0v) is 13.8. The van der Waals surface area contributed by atoms with E-state index < -0.39 is 6.04 Å². The van der Waals surface area contributed by atoms with Crippen LogP contribution in [0.4, 0.5) is 11.9 Å². The standard InChI is InChI=1S/C12H19N7OS/c1-8(9(20)17(2)3)19(7-13)11-14-10(18(4)5)15-12(16-11)21-6/h8H,1-6H3. The third-order valence-corrected chi connectivity index (χ3v) is 3.23. The Morgan fingerprint density at radius 2 is 1.76 bits per heavy atom. The van der Waals surface area contributed by atoms with Gasteiger partial charge in [-0.05, 0) is 13.2 Å². The summed E-state index contributed by atoms with van der Waals surface area (Å²) in [6, 6.07) is -0.683. The van der Waals surface area contributed by atoms with E-state index in [-0.39, 0.29) is 11.9 Å². The minimum atomic E-state index is -0.683. The first kappa shape index (κ1) is 17.0. The molecule has 1 heterocycles. The summed E-state index contributed by atoms with van der Waals surface area (Å²) in [4.78, 5) is 29.1. The van der Waals surface area contributed by atoms with Gasteiger partial charge in [0.2, 0.25) is 17.8 Å². The van der Waals surface area contributed by atoms with Gasteiger partial charge in [0.05, 0.1) is 0 Å². The second-order valence-electron chi connectivity index (χ2n) is 4.70. The monoisotopic (exact) mass is 309 g/mol. The number of thioether (sulfide) groups is 1. The Hall–Kier alpha value is -2.08. The minimum Gasteiger partial charge on any atom is -0.347 e. The highest BCUT2D eigenvalue weighted by Crippen LogP contribution is 2.19. The summed E-state index contributed by atoms with van der Waals surface area (Å²) in [5.74, 6) is 0.409. The number of nitrogens with zero attached hydrogens (tertiary/aromatic N) is 7. The maximum absolute atomic E-state index is 12.0. The third-order valence-electron chi connectivity index (χ3n) is 2.68. The second kappa shape index (κ2) is 7.08. The lowest BCUT2D eigenvalue weighted by Crippen LogP contribution is -2.43. The fraction of sp³-hybridized carbons (Fsp3) is 0.583. The number of carbonyl (C=O) groups is 1. The lowest BCUT2D eigenvalue weighted by atomic mass is 10.3. The Morgan fingerprint density at radius 3 is 2.19 bits per heavy atom. The van der Waals surface area contributed by atoms with Crippen LogP contribution in [0.1, 0.15) is 6.92 Å². The molecule has 0 N–H and O–H groups in total. The van der Waals surface area contributed by atoms with E-state index in [1.54, 1.807) is 40.0 Å². The molecule has 0 saturated carbocycles. The normalized spacial score (nSPS) is 11.5. The average molecular weight is 309 g/mol. The lowest BCUT2D eigenvalue weighted by Gasteiger charge is -2.24. The van der Waals surface area contributed by atoms with Gasteiger partial charge in [0, 0.05) is 28.2 Å². The predicted molar refractivity (Wildman–Crippen MR) is 82.2 cm³/mol. The molecule has 0 aliphatic rings. The zero-order chi connectivity index (χ0) is 16.2. The Labute approximate surface area is 128 Å². The molecule has 0 aromatic carbocycles. The number of amides is 1. The van der Waals surface area contributed by atoms with Gasteiger partial charge in [0.15, 0.2) is 11.3 Å². The van der Waals surface area contributed by atoms with Gasteiger partial charge in [-0.25, -0.2) is 4.90 Å². The van der Waals surface area contributed by atoms with Gasteiger partial charge in [-0.2, -0.15) is 20.2 Å². The van der Waals surface area contributed by atoms with Crippen molar-refractivity contribution in [3.05, 3.63) is 0 Å². The lowest BCUT2D eigenvalue weighted by molar-refractivity contribution is -0.129. The highest BCUT2D eigenvalue weighted by molar-refractivity contribution is 7.98. The van der Waals surface area contributed by atoms with Gasteiger partial charge in [-0.1, -0.05) is 11.8 Å².